The molecule has 0 spiro atoms. The molecule has 0 unspecified atom stereocenters. The van der Waals surface area contributed by atoms with Crippen molar-refractivity contribution < 1.29 is 4.39 Å². The maximum Gasteiger partial charge on any atom is 0.143 e. The topological polar surface area (TPSA) is 86.8 Å². The van der Waals surface area contributed by atoms with Crippen LogP contribution >= 0.6 is 0 Å². The molecule has 4 N–H and O–H groups in total. The molecule has 0 atom stereocenters. The fourth-order valence-corrected chi connectivity index (χ4v) is 1.46. The van der Waals surface area contributed by atoms with Gasteiger partial charge in [-0.05, 0) is 24.3 Å². The molecular formula is C12H10FN5. The molecule has 0 bridgehead atoms. The molecule has 18 heavy (non-hydrogen) atoms. The number of nitrogens with zero attached hydrogens (tertiary/aromatic N) is 2. The molecule has 0 saturated heterocycles. The molecule has 0 aliphatic heterocycles. The molecule has 0 aliphatic carbocycles. The van der Waals surface area contributed by atoms with Crippen LogP contribution in [0.5, 0.6) is 0 Å². The monoisotopic (exact) mass is 243 g/mol. The van der Waals surface area contributed by atoms with Crippen LogP contribution in [0, 0.1) is 17.1 Å². The quantitative estimate of drug-likeness (QED) is 0.567. The number of benzene rings is 1. The van der Waals surface area contributed by atoms with E-state index in [0.717, 1.165) is 0 Å². The maximum absolute atomic E-state index is 13.4. The Hall–Kier alpha value is -2.65. The lowest BCUT2D eigenvalue weighted by Crippen LogP contribution is -2.09. The molecule has 2 rings (SSSR count). The Morgan fingerprint density at radius 1 is 1.17 bits per heavy atom. The summed E-state index contributed by atoms with van der Waals surface area (Å²) >= 11 is 0. The van der Waals surface area contributed by atoms with Crippen molar-refractivity contribution in [3.05, 3.63) is 47.8 Å². The Morgan fingerprint density at radius 2 is 1.89 bits per heavy atom. The summed E-state index contributed by atoms with van der Waals surface area (Å²) in [6.07, 6.45) is 0. The molecule has 2 aromatic rings. The van der Waals surface area contributed by atoms with E-state index in [-0.39, 0.29) is 5.56 Å². The lowest BCUT2D eigenvalue weighted by atomic mass is 10.2. The van der Waals surface area contributed by atoms with Crippen LogP contribution in [0.15, 0.2) is 36.4 Å². The number of rotatable bonds is 3. The van der Waals surface area contributed by atoms with Crippen molar-refractivity contribution in [2.75, 3.05) is 10.7 Å². The molecule has 1 aromatic carbocycles. The van der Waals surface area contributed by atoms with Crippen LogP contribution in [0.4, 0.5) is 21.7 Å². The average Bonchev–Trinajstić information content (AvgIpc) is 2.39. The van der Waals surface area contributed by atoms with Gasteiger partial charge in [-0.2, -0.15) is 5.26 Å². The SMILES string of the molecule is N#Cc1c(F)cccc1Nc1cccc(NN)n1. The average molecular weight is 243 g/mol. The number of halogens is 1. The summed E-state index contributed by atoms with van der Waals surface area (Å²) < 4.78 is 13.4. The highest BCUT2D eigenvalue weighted by Gasteiger charge is 2.08. The minimum absolute atomic E-state index is 0.0505. The van der Waals surface area contributed by atoms with Gasteiger partial charge in [-0.15, -0.1) is 0 Å². The minimum Gasteiger partial charge on any atom is -0.339 e. The van der Waals surface area contributed by atoms with Crippen molar-refractivity contribution in [2.24, 2.45) is 5.84 Å². The van der Waals surface area contributed by atoms with Gasteiger partial charge in [0, 0.05) is 0 Å². The number of aromatic nitrogens is 1. The number of nitrogens with two attached hydrogens (primary N) is 1. The van der Waals surface area contributed by atoms with Crippen LogP contribution in [-0.2, 0) is 0 Å². The van der Waals surface area contributed by atoms with Crippen molar-refractivity contribution >= 4 is 17.3 Å². The molecule has 6 heteroatoms. The summed E-state index contributed by atoms with van der Waals surface area (Å²) in [5, 5.41) is 11.8. The third-order valence-electron chi connectivity index (χ3n) is 2.29. The zero-order chi connectivity index (χ0) is 13.0. The second-order valence-electron chi connectivity index (χ2n) is 3.45. The van der Waals surface area contributed by atoms with Crippen LogP contribution < -0.4 is 16.6 Å². The van der Waals surface area contributed by atoms with Crippen LogP contribution in [0.3, 0.4) is 0 Å². The zero-order valence-corrected chi connectivity index (χ0v) is 9.31. The first kappa shape index (κ1) is 11.8. The number of anilines is 3. The van der Waals surface area contributed by atoms with Gasteiger partial charge in [-0.1, -0.05) is 12.1 Å². The first-order valence-electron chi connectivity index (χ1n) is 5.14. The molecule has 0 amide bonds. The Labute approximate surface area is 103 Å². The highest BCUT2D eigenvalue weighted by Crippen LogP contribution is 2.22. The third-order valence-corrected chi connectivity index (χ3v) is 2.29. The lowest BCUT2D eigenvalue weighted by molar-refractivity contribution is 0.624. The predicted molar refractivity (Wildman–Crippen MR) is 66.4 cm³/mol. The van der Waals surface area contributed by atoms with E-state index >= 15 is 0 Å². The van der Waals surface area contributed by atoms with E-state index in [1.165, 1.54) is 12.1 Å². The summed E-state index contributed by atoms with van der Waals surface area (Å²) in [6, 6.07) is 11.3. The molecule has 5 nitrogen and oxygen atoms in total. The first-order chi connectivity index (χ1) is 8.74. The van der Waals surface area contributed by atoms with Crippen molar-refractivity contribution in [2.45, 2.75) is 0 Å². The van der Waals surface area contributed by atoms with Crippen LogP contribution in [-0.4, -0.2) is 4.98 Å². The highest BCUT2D eigenvalue weighted by atomic mass is 19.1. The van der Waals surface area contributed by atoms with Crippen molar-refractivity contribution in [1.29, 1.82) is 5.26 Å². The van der Waals surface area contributed by atoms with Crippen molar-refractivity contribution in [3.8, 4) is 6.07 Å². The Kier molecular flexibility index (Phi) is 3.36. The smallest absolute Gasteiger partial charge is 0.143 e. The van der Waals surface area contributed by atoms with E-state index < -0.39 is 5.82 Å². The molecule has 0 radical (unpaired) electrons. The summed E-state index contributed by atoms with van der Waals surface area (Å²) in [6.45, 7) is 0. The van der Waals surface area contributed by atoms with Crippen molar-refractivity contribution in [1.82, 2.24) is 4.98 Å². The first-order valence-corrected chi connectivity index (χ1v) is 5.14. The van der Waals surface area contributed by atoms with E-state index in [1.54, 1.807) is 24.3 Å². The standard InChI is InChI=1S/C12H10FN5/c13-9-3-1-4-10(8(9)7-14)16-11-5-2-6-12(17-11)18-15/h1-6H,15H2,(H2,16,17,18). The normalized spacial score (nSPS) is 9.61. The fourth-order valence-electron chi connectivity index (χ4n) is 1.46. The molecule has 90 valence electrons. The van der Waals surface area contributed by atoms with Gasteiger partial charge < -0.3 is 10.7 Å². The number of hydrogen-bond acceptors (Lipinski definition) is 5. The third kappa shape index (κ3) is 2.36. The highest BCUT2D eigenvalue weighted by molar-refractivity contribution is 5.65. The minimum atomic E-state index is -0.574. The Balaban J connectivity index is 2.34. The predicted octanol–water partition coefficient (Wildman–Crippen LogP) is 2.12. The molecular weight excluding hydrogens is 233 g/mol. The fraction of sp³-hybridized carbons (Fsp3) is 0. The van der Waals surface area contributed by atoms with E-state index in [2.05, 4.69) is 15.7 Å². The molecule has 0 fully saturated rings. The molecule has 0 aliphatic rings. The summed E-state index contributed by atoms with van der Waals surface area (Å²) in [7, 11) is 0. The molecule has 1 aromatic heterocycles. The number of pyridine rings is 1. The Morgan fingerprint density at radius 3 is 2.61 bits per heavy atom. The summed E-state index contributed by atoms with van der Waals surface area (Å²) in [4.78, 5) is 4.11. The van der Waals surface area contributed by atoms with Gasteiger partial charge in [-0.3, -0.25) is 0 Å². The summed E-state index contributed by atoms with van der Waals surface area (Å²) in [5.74, 6) is 5.60. The van der Waals surface area contributed by atoms with Crippen LogP contribution in [0.2, 0.25) is 0 Å². The number of hydrazine groups is 1. The van der Waals surface area contributed by atoms with Gasteiger partial charge in [0.1, 0.15) is 29.1 Å². The van der Waals surface area contributed by atoms with Gasteiger partial charge in [0.15, 0.2) is 0 Å². The van der Waals surface area contributed by atoms with Gasteiger partial charge >= 0.3 is 0 Å². The van der Waals surface area contributed by atoms with E-state index in [1.807, 2.05) is 6.07 Å². The van der Waals surface area contributed by atoms with Crippen molar-refractivity contribution in [3.63, 3.8) is 0 Å². The van der Waals surface area contributed by atoms with Gasteiger partial charge in [0.2, 0.25) is 0 Å². The Bertz CT molecular complexity index is 606. The second kappa shape index (κ2) is 5.12. The number of nitrogen functional groups attached to an aromatic ring is 1. The number of hydrogen-bond donors (Lipinski definition) is 3. The van der Waals surface area contributed by atoms with Gasteiger partial charge in [-0.25, -0.2) is 15.2 Å². The van der Waals surface area contributed by atoms with Crippen LogP contribution in [0.25, 0.3) is 0 Å². The van der Waals surface area contributed by atoms with Gasteiger partial charge in [0.05, 0.1) is 5.69 Å². The van der Waals surface area contributed by atoms with E-state index in [4.69, 9.17) is 11.1 Å². The number of nitriles is 1. The maximum atomic E-state index is 13.4. The van der Waals surface area contributed by atoms with Crippen LogP contribution in [0.1, 0.15) is 5.56 Å². The largest absolute Gasteiger partial charge is 0.339 e. The lowest BCUT2D eigenvalue weighted by Gasteiger charge is -2.08. The second-order valence-corrected chi connectivity index (χ2v) is 3.45. The molecule has 0 saturated carbocycles. The molecule has 1 heterocycles. The van der Waals surface area contributed by atoms with Gasteiger partial charge in [0.25, 0.3) is 0 Å². The van der Waals surface area contributed by atoms with E-state index in [9.17, 15) is 4.39 Å². The number of nitrogens with one attached hydrogen (secondary N) is 2. The zero-order valence-electron chi connectivity index (χ0n) is 9.31. The van der Waals surface area contributed by atoms with E-state index in [0.29, 0.717) is 17.3 Å². The summed E-state index contributed by atoms with van der Waals surface area (Å²) in [5.41, 5.74) is 2.71.